The van der Waals surface area contributed by atoms with Gasteiger partial charge in [0.1, 0.15) is 17.2 Å². The summed E-state index contributed by atoms with van der Waals surface area (Å²) in [7, 11) is 0. The van der Waals surface area contributed by atoms with E-state index in [2.05, 4.69) is 21.2 Å². The maximum atomic E-state index is 13.4. The van der Waals surface area contributed by atoms with Gasteiger partial charge in [-0.05, 0) is 30.9 Å². The summed E-state index contributed by atoms with van der Waals surface area (Å²) in [5.74, 6) is -2.00. The lowest BCUT2D eigenvalue weighted by molar-refractivity contribution is 0.0936. The van der Waals surface area contributed by atoms with Crippen LogP contribution in [0.5, 0.6) is 0 Å². The fourth-order valence-corrected chi connectivity index (χ4v) is 3.19. The number of hydrogen-bond donors (Lipinski definition) is 1. The van der Waals surface area contributed by atoms with Crippen LogP contribution in [-0.4, -0.2) is 17.3 Å². The van der Waals surface area contributed by atoms with E-state index in [4.69, 9.17) is 0 Å². The standard InChI is InChI=1S/C14H16BrF2NO/c15-10-5-2-1-4-9(10)8-18-14(19)13-11(16)6-3-7-12(13)17/h3,6-7,9-10H,1-2,4-5,8H2,(H,18,19). The van der Waals surface area contributed by atoms with Crippen molar-refractivity contribution in [1.82, 2.24) is 5.32 Å². The average Bonchev–Trinajstić information content (AvgIpc) is 2.37. The zero-order chi connectivity index (χ0) is 13.8. The Kier molecular flexibility index (Phi) is 4.91. The smallest absolute Gasteiger partial charge is 0.257 e. The van der Waals surface area contributed by atoms with E-state index in [0.717, 1.165) is 31.4 Å². The Morgan fingerprint density at radius 2 is 1.89 bits per heavy atom. The highest BCUT2D eigenvalue weighted by Gasteiger charge is 2.24. The van der Waals surface area contributed by atoms with E-state index in [9.17, 15) is 13.6 Å². The summed E-state index contributed by atoms with van der Waals surface area (Å²) >= 11 is 3.59. The van der Waals surface area contributed by atoms with Gasteiger partial charge in [-0.25, -0.2) is 8.78 Å². The Hall–Kier alpha value is -0.970. The Morgan fingerprint density at radius 3 is 2.53 bits per heavy atom. The van der Waals surface area contributed by atoms with E-state index in [1.807, 2.05) is 0 Å². The molecule has 2 atom stereocenters. The number of carbonyl (C=O) groups excluding carboxylic acids is 1. The first-order chi connectivity index (χ1) is 9.09. The van der Waals surface area contributed by atoms with Gasteiger partial charge in [0.2, 0.25) is 0 Å². The fraction of sp³-hybridized carbons (Fsp3) is 0.500. The van der Waals surface area contributed by atoms with Crippen LogP contribution in [0.15, 0.2) is 18.2 Å². The molecular weight excluding hydrogens is 316 g/mol. The topological polar surface area (TPSA) is 29.1 Å². The molecule has 1 aliphatic rings. The molecule has 0 saturated heterocycles. The third kappa shape index (κ3) is 3.53. The van der Waals surface area contributed by atoms with E-state index >= 15 is 0 Å². The van der Waals surface area contributed by atoms with Crippen molar-refractivity contribution in [3.05, 3.63) is 35.4 Å². The zero-order valence-electron chi connectivity index (χ0n) is 10.5. The Balaban J connectivity index is 1.97. The van der Waals surface area contributed by atoms with Crippen LogP contribution in [-0.2, 0) is 0 Å². The minimum absolute atomic E-state index is 0.326. The highest BCUT2D eigenvalue weighted by molar-refractivity contribution is 9.09. The molecule has 2 nitrogen and oxygen atoms in total. The van der Waals surface area contributed by atoms with Gasteiger partial charge in [0, 0.05) is 11.4 Å². The summed E-state index contributed by atoms with van der Waals surface area (Å²) in [5, 5.41) is 2.63. The summed E-state index contributed by atoms with van der Waals surface area (Å²) < 4.78 is 26.9. The third-order valence-electron chi connectivity index (χ3n) is 3.53. The minimum atomic E-state index is -0.823. The molecule has 0 spiro atoms. The van der Waals surface area contributed by atoms with E-state index in [-0.39, 0.29) is 0 Å². The third-order valence-corrected chi connectivity index (χ3v) is 4.74. The molecule has 0 heterocycles. The first-order valence-corrected chi connectivity index (χ1v) is 7.37. The Labute approximate surface area is 119 Å². The van der Waals surface area contributed by atoms with Crippen LogP contribution < -0.4 is 5.32 Å². The van der Waals surface area contributed by atoms with Gasteiger partial charge in [-0.3, -0.25) is 4.79 Å². The quantitative estimate of drug-likeness (QED) is 0.841. The number of amides is 1. The molecule has 19 heavy (non-hydrogen) atoms. The summed E-state index contributed by atoms with van der Waals surface area (Å²) in [6.07, 6.45) is 4.42. The maximum absolute atomic E-state index is 13.4. The maximum Gasteiger partial charge on any atom is 0.257 e. The number of nitrogens with one attached hydrogen (secondary N) is 1. The van der Waals surface area contributed by atoms with Gasteiger partial charge in [-0.15, -0.1) is 0 Å². The predicted molar refractivity (Wildman–Crippen MR) is 73.4 cm³/mol. The minimum Gasteiger partial charge on any atom is -0.352 e. The second kappa shape index (κ2) is 6.46. The highest BCUT2D eigenvalue weighted by Crippen LogP contribution is 2.29. The lowest BCUT2D eigenvalue weighted by atomic mass is 9.89. The van der Waals surface area contributed by atoms with Crippen molar-refractivity contribution in [3.63, 3.8) is 0 Å². The van der Waals surface area contributed by atoms with Gasteiger partial charge < -0.3 is 5.32 Å². The molecule has 2 unspecified atom stereocenters. The molecule has 1 aromatic carbocycles. The van der Waals surface area contributed by atoms with Crippen molar-refractivity contribution in [1.29, 1.82) is 0 Å². The van der Waals surface area contributed by atoms with Gasteiger partial charge >= 0.3 is 0 Å². The number of rotatable bonds is 3. The largest absolute Gasteiger partial charge is 0.352 e. The number of benzene rings is 1. The molecule has 1 amide bonds. The van der Waals surface area contributed by atoms with Crippen molar-refractivity contribution in [2.45, 2.75) is 30.5 Å². The van der Waals surface area contributed by atoms with Crippen molar-refractivity contribution in [3.8, 4) is 0 Å². The van der Waals surface area contributed by atoms with Crippen LogP contribution in [0.25, 0.3) is 0 Å². The summed E-state index contributed by atoms with van der Waals surface area (Å²) in [6, 6.07) is 3.43. The molecule has 0 bridgehead atoms. The van der Waals surface area contributed by atoms with Crippen LogP contribution in [0.3, 0.4) is 0 Å². The molecule has 1 saturated carbocycles. The van der Waals surface area contributed by atoms with Crippen molar-refractivity contribution >= 4 is 21.8 Å². The molecule has 5 heteroatoms. The predicted octanol–water partition coefficient (Wildman–Crippen LogP) is 3.65. The highest BCUT2D eigenvalue weighted by atomic mass is 79.9. The van der Waals surface area contributed by atoms with Crippen LogP contribution in [0, 0.1) is 17.6 Å². The summed E-state index contributed by atoms with van der Waals surface area (Å²) in [5.41, 5.74) is -0.496. The van der Waals surface area contributed by atoms with Gasteiger partial charge in [0.25, 0.3) is 5.91 Å². The van der Waals surface area contributed by atoms with Crippen LogP contribution in [0.2, 0.25) is 0 Å². The molecule has 104 valence electrons. The number of hydrogen-bond acceptors (Lipinski definition) is 1. The Bertz CT molecular complexity index is 447. The van der Waals surface area contributed by atoms with Gasteiger partial charge in [-0.2, -0.15) is 0 Å². The molecule has 0 radical (unpaired) electrons. The molecular formula is C14H16BrF2NO. The van der Waals surface area contributed by atoms with Gasteiger partial charge in [-0.1, -0.05) is 34.8 Å². The fourth-order valence-electron chi connectivity index (χ4n) is 2.42. The van der Waals surface area contributed by atoms with Crippen LogP contribution in [0.4, 0.5) is 8.78 Å². The molecule has 1 fully saturated rings. The monoisotopic (exact) mass is 331 g/mol. The van der Waals surface area contributed by atoms with E-state index in [1.165, 1.54) is 12.5 Å². The van der Waals surface area contributed by atoms with E-state index in [0.29, 0.717) is 17.3 Å². The zero-order valence-corrected chi connectivity index (χ0v) is 12.1. The number of carbonyl (C=O) groups is 1. The second-order valence-corrected chi connectivity index (χ2v) is 6.04. The molecule has 1 N–H and O–H groups in total. The second-order valence-electron chi connectivity index (χ2n) is 4.87. The van der Waals surface area contributed by atoms with Crippen LogP contribution in [0.1, 0.15) is 36.0 Å². The molecule has 0 aromatic heterocycles. The van der Waals surface area contributed by atoms with Crippen molar-refractivity contribution in [2.75, 3.05) is 6.54 Å². The lowest BCUT2D eigenvalue weighted by Crippen LogP contribution is -2.35. The number of alkyl halides is 1. The molecule has 1 aromatic rings. The summed E-state index contributed by atoms with van der Waals surface area (Å²) in [4.78, 5) is 12.2. The van der Waals surface area contributed by atoms with E-state index < -0.39 is 23.1 Å². The lowest BCUT2D eigenvalue weighted by Gasteiger charge is -2.27. The SMILES string of the molecule is O=C(NCC1CCCCC1Br)c1c(F)cccc1F. The van der Waals surface area contributed by atoms with E-state index in [1.54, 1.807) is 0 Å². The number of halogens is 3. The molecule has 0 aliphatic heterocycles. The first-order valence-electron chi connectivity index (χ1n) is 6.46. The van der Waals surface area contributed by atoms with Crippen LogP contribution >= 0.6 is 15.9 Å². The van der Waals surface area contributed by atoms with Gasteiger partial charge in [0.05, 0.1) is 0 Å². The molecule has 2 rings (SSSR count). The molecule has 1 aliphatic carbocycles. The van der Waals surface area contributed by atoms with Crippen molar-refractivity contribution in [2.24, 2.45) is 5.92 Å². The Morgan fingerprint density at radius 1 is 1.26 bits per heavy atom. The average molecular weight is 332 g/mol. The summed E-state index contributed by atoms with van der Waals surface area (Å²) in [6.45, 7) is 0.447. The first kappa shape index (κ1) is 14.4. The van der Waals surface area contributed by atoms with Crippen molar-refractivity contribution < 1.29 is 13.6 Å². The normalized spacial score (nSPS) is 23.1. The van der Waals surface area contributed by atoms with Gasteiger partial charge in [0.15, 0.2) is 0 Å².